The summed E-state index contributed by atoms with van der Waals surface area (Å²) in [5.41, 5.74) is -0.566. The van der Waals surface area contributed by atoms with Crippen LogP contribution in [0.2, 0.25) is 0 Å². The summed E-state index contributed by atoms with van der Waals surface area (Å²) in [5, 5.41) is 12.4. The number of carbonyl (C=O) groups is 2. The molecule has 8 heteroatoms. The highest BCUT2D eigenvalue weighted by Crippen LogP contribution is 2.28. The molecule has 2 rings (SSSR count). The summed E-state index contributed by atoms with van der Waals surface area (Å²) in [6.07, 6.45) is 0.927. The third kappa shape index (κ3) is 4.38. The van der Waals surface area contributed by atoms with Crippen LogP contribution in [0.4, 0.5) is 0 Å². The van der Waals surface area contributed by atoms with Gasteiger partial charge in [0.1, 0.15) is 5.41 Å². The minimum Gasteiger partial charge on any atom is -0.481 e. The number of carboxylic acids is 1. The van der Waals surface area contributed by atoms with Crippen LogP contribution in [0, 0.1) is 0 Å². The maximum absolute atomic E-state index is 12.1. The van der Waals surface area contributed by atoms with Gasteiger partial charge in [-0.3, -0.25) is 9.59 Å². The van der Waals surface area contributed by atoms with Crippen LogP contribution in [0.5, 0.6) is 0 Å². The lowest BCUT2D eigenvalue weighted by Crippen LogP contribution is -2.46. The molecule has 0 saturated carbocycles. The van der Waals surface area contributed by atoms with Gasteiger partial charge < -0.3 is 10.4 Å². The van der Waals surface area contributed by atoms with E-state index in [2.05, 4.69) is 5.32 Å². The smallest absolute Gasteiger partial charge is 0.315 e. The van der Waals surface area contributed by atoms with Gasteiger partial charge in [-0.2, -0.15) is 0 Å². The monoisotopic (exact) mass is 368 g/mol. The Labute approximate surface area is 148 Å². The van der Waals surface area contributed by atoms with E-state index in [4.69, 9.17) is 0 Å². The standard InChI is InChI=1S/C17H24N2O5S/c1-2-17(16(21)22,14-7-4-3-5-8-14)13-18-15(20)9-11-19-10-6-12-25(19,23)24/h3-5,7-8H,2,6,9-13H2,1H3,(H,18,20)(H,21,22). The first kappa shape index (κ1) is 19.4. The SMILES string of the molecule is CCC(CNC(=O)CCN1CCCS1(=O)=O)(C(=O)O)c1ccccc1. The first-order valence-electron chi connectivity index (χ1n) is 8.35. The molecule has 7 nitrogen and oxygen atoms in total. The van der Waals surface area contributed by atoms with Crippen molar-refractivity contribution in [3.63, 3.8) is 0 Å². The van der Waals surface area contributed by atoms with Crippen molar-refractivity contribution in [2.24, 2.45) is 0 Å². The summed E-state index contributed by atoms with van der Waals surface area (Å²) < 4.78 is 24.8. The van der Waals surface area contributed by atoms with Crippen molar-refractivity contribution in [2.45, 2.75) is 31.6 Å². The Bertz CT molecular complexity index is 720. The summed E-state index contributed by atoms with van der Waals surface area (Å²) in [6, 6.07) is 8.81. The Balaban J connectivity index is 1.99. The largest absolute Gasteiger partial charge is 0.481 e. The summed E-state index contributed by atoms with van der Waals surface area (Å²) in [6.45, 7) is 2.30. The third-order valence-corrected chi connectivity index (χ3v) is 6.67. The molecule has 1 aromatic rings. The highest BCUT2D eigenvalue weighted by Gasteiger charge is 2.39. The Morgan fingerprint density at radius 2 is 1.96 bits per heavy atom. The molecule has 1 unspecified atom stereocenters. The van der Waals surface area contributed by atoms with Crippen LogP contribution < -0.4 is 5.32 Å². The predicted molar refractivity (Wildman–Crippen MR) is 93.7 cm³/mol. The molecular weight excluding hydrogens is 344 g/mol. The number of nitrogens with one attached hydrogen (secondary N) is 1. The van der Waals surface area contributed by atoms with Crippen molar-refractivity contribution in [1.29, 1.82) is 0 Å². The van der Waals surface area contributed by atoms with Crippen LogP contribution >= 0.6 is 0 Å². The number of aliphatic carboxylic acids is 1. The van der Waals surface area contributed by atoms with Gasteiger partial charge >= 0.3 is 5.97 Å². The summed E-state index contributed by atoms with van der Waals surface area (Å²) in [5.74, 6) is -1.22. The fourth-order valence-electron chi connectivity index (χ4n) is 3.05. The van der Waals surface area contributed by atoms with E-state index in [1.165, 1.54) is 4.31 Å². The molecule has 25 heavy (non-hydrogen) atoms. The molecule has 1 aliphatic rings. The predicted octanol–water partition coefficient (Wildman–Crippen LogP) is 0.961. The fraction of sp³-hybridized carbons (Fsp3) is 0.529. The Morgan fingerprint density at radius 1 is 1.28 bits per heavy atom. The molecule has 1 heterocycles. The van der Waals surface area contributed by atoms with Gasteiger partial charge in [0.25, 0.3) is 0 Å². The number of nitrogens with zero attached hydrogens (tertiary/aromatic N) is 1. The van der Waals surface area contributed by atoms with E-state index in [-0.39, 0.29) is 31.2 Å². The molecule has 1 atom stereocenters. The molecule has 2 N–H and O–H groups in total. The van der Waals surface area contributed by atoms with Gasteiger partial charge in [-0.1, -0.05) is 37.3 Å². The number of benzene rings is 1. The van der Waals surface area contributed by atoms with E-state index in [9.17, 15) is 23.1 Å². The van der Waals surface area contributed by atoms with Crippen LogP contribution in [-0.2, 0) is 25.0 Å². The summed E-state index contributed by atoms with van der Waals surface area (Å²) in [7, 11) is -3.23. The minimum absolute atomic E-state index is 0.0213. The maximum Gasteiger partial charge on any atom is 0.315 e. The van der Waals surface area contributed by atoms with Crippen molar-refractivity contribution in [3.8, 4) is 0 Å². The molecule has 0 bridgehead atoms. The highest BCUT2D eigenvalue weighted by molar-refractivity contribution is 7.89. The van der Waals surface area contributed by atoms with Crippen molar-refractivity contribution in [3.05, 3.63) is 35.9 Å². The molecule has 1 fully saturated rings. The Kier molecular flexibility index (Phi) is 6.18. The highest BCUT2D eigenvalue weighted by atomic mass is 32.2. The molecule has 1 aliphatic heterocycles. The molecule has 1 amide bonds. The second-order valence-electron chi connectivity index (χ2n) is 6.20. The number of hydrogen-bond donors (Lipinski definition) is 2. The van der Waals surface area contributed by atoms with E-state index >= 15 is 0 Å². The molecule has 138 valence electrons. The Hall–Kier alpha value is -1.93. The van der Waals surface area contributed by atoms with Gasteiger partial charge in [-0.05, 0) is 18.4 Å². The molecule has 0 aliphatic carbocycles. The zero-order chi connectivity index (χ0) is 18.5. The zero-order valence-corrected chi connectivity index (χ0v) is 15.1. The van der Waals surface area contributed by atoms with Gasteiger partial charge in [-0.25, -0.2) is 12.7 Å². The molecule has 1 aromatic carbocycles. The summed E-state index contributed by atoms with van der Waals surface area (Å²) >= 11 is 0. The van der Waals surface area contributed by atoms with E-state index < -0.39 is 21.4 Å². The molecule has 0 aromatic heterocycles. The lowest BCUT2D eigenvalue weighted by atomic mass is 9.78. The average molecular weight is 368 g/mol. The third-order valence-electron chi connectivity index (χ3n) is 4.72. The lowest BCUT2D eigenvalue weighted by molar-refractivity contribution is -0.144. The number of carboxylic acid groups (broad SMARTS) is 1. The maximum atomic E-state index is 12.1. The number of hydrogen-bond acceptors (Lipinski definition) is 4. The summed E-state index contributed by atoms with van der Waals surface area (Å²) in [4.78, 5) is 24.0. The van der Waals surface area contributed by atoms with Crippen LogP contribution in [0.25, 0.3) is 0 Å². The first-order chi connectivity index (χ1) is 11.8. The molecule has 1 saturated heterocycles. The van der Waals surface area contributed by atoms with Gasteiger partial charge in [0.2, 0.25) is 15.9 Å². The van der Waals surface area contributed by atoms with E-state index in [1.807, 2.05) is 0 Å². The number of rotatable bonds is 8. The van der Waals surface area contributed by atoms with Crippen LogP contribution in [-0.4, -0.2) is 55.1 Å². The minimum atomic E-state index is -3.23. The quantitative estimate of drug-likeness (QED) is 0.711. The zero-order valence-electron chi connectivity index (χ0n) is 14.3. The second-order valence-corrected chi connectivity index (χ2v) is 8.29. The van der Waals surface area contributed by atoms with Crippen molar-refractivity contribution in [1.82, 2.24) is 9.62 Å². The van der Waals surface area contributed by atoms with Crippen LogP contribution in [0.15, 0.2) is 30.3 Å². The average Bonchev–Trinajstić information content (AvgIpc) is 2.93. The van der Waals surface area contributed by atoms with E-state index in [0.29, 0.717) is 24.9 Å². The van der Waals surface area contributed by atoms with Gasteiger partial charge in [0, 0.05) is 26.1 Å². The van der Waals surface area contributed by atoms with Gasteiger partial charge in [0.05, 0.1) is 5.75 Å². The topological polar surface area (TPSA) is 104 Å². The van der Waals surface area contributed by atoms with Crippen molar-refractivity contribution in [2.75, 3.05) is 25.4 Å². The van der Waals surface area contributed by atoms with Crippen LogP contribution in [0.3, 0.4) is 0 Å². The lowest BCUT2D eigenvalue weighted by Gasteiger charge is -2.29. The van der Waals surface area contributed by atoms with Crippen molar-refractivity contribution >= 4 is 21.9 Å². The Morgan fingerprint density at radius 3 is 2.48 bits per heavy atom. The molecular formula is C17H24N2O5S. The van der Waals surface area contributed by atoms with Gasteiger partial charge in [-0.15, -0.1) is 0 Å². The second kappa shape index (κ2) is 7.97. The van der Waals surface area contributed by atoms with Crippen molar-refractivity contribution < 1.29 is 23.1 Å². The number of amides is 1. The molecule has 0 radical (unpaired) electrons. The number of carbonyl (C=O) groups excluding carboxylic acids is 1. The normalized spacial score (nSPS) is 19.2. The first-order valence-corrected chi connectivity index (χ1v) is 9.96. The van der Waals surface area contributed by atoms with Gasteiger partial charge in [0.15, 0.2) is 0 Å². The van der Waals surface area contributed by atoms with Crippen LogP contribution in [0.1, 0.15) is 31.7 Å². The van der Waals surface area contributed by atoms with E-state index in [1.54, 1.807) is 37.3 Å². The fourth-order valence-corrected chi connectivity index (χ4v) is 4.57. The number of sulfonamides is 1. The molecule has 0 spiro atoms. The van der Waals surface area contributed by atoms with E-state index in [0.717, 1.165) is 0 Å².